The van der Waals surface area contributed by atoms with Crippen molar-refractivity contribution in [3.8, 4) is 17.0 Å². The zero-order valence-electron chi connectivity index (χ0n) is 16.4. The molecule has 1 aromatic heterocycles. The maximum absolute atomic E-state index is 13.7. The van der Waals surface area contributed by atoms with Crippen LogP contribution in [0.1, 0.15) is 37.0 Å². The average Bonchev–Trinajstić information content (AvgIpc) is 2.67. The first-order valence-corrected chi connectivity index (χ1v) is 9.64. The summed E-state index contributed by atoms with van der Waals surface area (Å²) in [4.78, 5) is 17.5. The van der Waals surface area contributed by atoms with E-state index in [1.165, 1.54) is 0 Å². The number of alkyl halides is 1. The van der Waals surface area contributed by atoms with Crippen LogP contribution >= 0.6 is 0 Å². The summed E-state index contributed by atoms with van der Waals surface area (Å²) in [7, 11) is 0. The minimum absolute atomic E-state index is 0.262. The highest BCUT2D eigenvalue weighted by molar-refractivity contribution is 5.88. The van der Waals surface area contributed by atoms with Crippen LogP contribution in [-0.2, 0) is 0 Å². The first-order valence-electron chi connectivity index (χ1n) is 9.64. The van der Waals surface area contributed by atoms with Crippen molar-refractivity contribution >= 4 is 5.97 Å². The monoisotopic (exact) mass is 386 g/mol. The number of carbonyl (C=O) groups is 1. The van der Waals surface area contributed by atoms with Gasteiger partial charge in [0.25, 0.3) is 0 Å². The number of carboxylic acids is 1. The Balaban J connectivity index is 1.48. The molecule has 3 rings (SSSR count). The molecular weight excluding hydrogens is 359 g/mol. The standard InChI is InChI=1S/C22H27FN2O3/c1-22(2,23)15-25-11-9-16(10-12-25)14-28-20-8-7-19(13-24-20)17-3-5-18(6-4-17)21(26)27/h3-8,13,16H,9-12,14-15H2,1-2H3,(H,26,27). The molecule has 2 heterocycles. The highest BCUT2D eigenvalue weighted by atomic mass is 19.1. The Morgan fingerprint density at radius 3 is 2.36 bits per heavy atom. The summed E-state index contributed by atoms with van der Waals surface area (Å²) in [5.74, 6) is 0.106. The first-order chi connectivity index (χ1) is 13.3. The SMILES string of the molecule is CC(C)(F)CN1CCC(COc2ccc(-c3ccc(C(=O)O)cc3)cn2)CC1. The molecule has 0 saturated carbocycles. The zero-order valence-corrected chi connectivity index (χ0v) is 16.4. The molecule has 150 valence electrons. The number of hydrogen-bond donors (Lipinski definition) is 1. The summed E-state index contributed by atoms with van der Waals surface area (Å²) in [6.07, 6.45) is 3.74. The van der Waals surface area contributed by atoms with Crippen molar-refractivity contribution in [2.75, 3.05) is 26.2 Å². The normalized spacial score (nSPS) is 16.1. The minimum atomic E-state index is -1.15. The maximum atomic E-state index is 13.7. The van der Waals surface area contributed by atoms with Gasteiger partial charge in [-0.25, -0.2) is 14.2 Å². The van der Waals surface area contributed by atoms with Crippen LogP contribution in [-0.4, -0.2) is 52.9 Å². The number of piperidine rings is 1. The summed E-state index contributed by atoms with van der Waals surface area (Å²) in [6, 6.07) is 10.5. The third-order valence-electron chi connectivity index (χ3n) is 4.98. The van der Waals surface area contributed by atoms with Crippen LogP contribution in [0.15, 0.2) is 42.6 Å². The Hall–Kier alpha value is -2.47. The molecule has 5 nitrogen and oxygen atoms in total. The van der Waals surface area contributed by atoms with Crippen molar-refractivity contribution in [1.29, 1.82) is 0 Å². The van der Waals surface area contributed by atoms with Crippen molar-refractivity contribution in [2.45, 2.75) is 32.4 Å². The van der Waals surface area contributed by atoms with E-state index in [0.717, 1.165) is 37.1 Å². The highest BCUT2D eigenvalue weighted by Gasteiger charge is 2.25. The number of pyridine rings is 1. The fourth-order valence-electron chi connectivity index (χ4n) is 3.49. The van der Waals surface area contributed by atoms with Gasteiger partial charge < -0.3 is 14.7 Å². The Kier molecular flexibility index (Phi) is 6.29. The minimum Gasteiger partial charge on any atom is -0.478 e. The molecule has 0 aliphatic carbocycles. The van der Waals surface area contributed by atoms with E-state index in [4.69, 9.17) is 9.84 Å². The lowest BCUT2D eigenvalue weighted by molar-refractivity contribution is 0.0696. The Bertz CT molecular complexity index is 777. The van der Waals surface area contributed by atoms with Gasteiger partial charge in [0.2, 0.25) is 5.88 Å². The number of hydrogen-bond acceptors (Lipinski definition) is 4. The van der Waals surface area contributed by atoms with Crippen LogP contribution in [0.4, 0.5) is 4.39 Å². The molecule has 0 amide bonds. The van der Waals surface area contributed by atoms with Gasteiger partial charge in [-0.3, -0.25) is 0 Å². The van der Waals surface area contributed by atoms with E-state index in [2.05, 4.69) is 9.88 Å². The molecule has 2 aromatic rings. The lowest BCUT2D eigenvalue weighted by atomic mass is 9.97. The Morgan fingerprint density at radius 2 is 1.82 bits per heavy atom. The van der Waals surface area contributed by atoms with Crippen LogP contribution < -0.4 is 4.74 Å². The van der Waals surface area contributed by atoms with Gasteiger partial charge in [-0.2, -0.15) is 0 Å². The van der Waals surface area contributed by atoms with Crippen LogP contribution in [0.25, 0.3) is 11.1 Å². The summed E-state index contributed by atoms with van der Waals surface area (Å²) >= 11 is 0. The molecule has 1 N–H and O–H groups in total. The number of carboxylic acid groups (broad SMARTS) is 1. The molecule has 6 heteroatoms. The van der Waals surface area contributed by atoms with Gasteiger partial charge in [0.05, 0.1) is 12.2 Å². The van der Waals surface area contributed by atoms with E-state index >= 15 is 0 Å². The molecule has 1 aliphatic rings. The quantitative estimate of drug-likeness (QED) is 0.769. The van der Waals surface area contributed by atoms with Crippen LogP contribution in [0.5, 0.6) is 5.88 Å². The number of ether oxygens (including phenoxy) is 1. The van der Waals surface area contributed by atoms with Crippen molar-refractivity contribution in [2.24, 2.45) is 5.92 Å². The smallest absolute Gasteiger partial charge is 0.335 e. The van der Waals surface area contributed by atoms with Crippen LogP contribution in [0.3, 0.4) is 0 Å². The van der Waals surface area contributed by atoms with Gasteiger partial charge in [0, 0.05) is 24.4 Å². The van der Waals surface area contributed by atoms with E-state index in [9.17, 15) is 9.18 Å². The number of aromatic carboxylic acids is 1. The second kappa shape index (κ2) is 8.69. The van der Waals surface area contributed by atoms with Crippen LogP contribution in [0, 0.1) is 5.92 Å². The third kappa shape index (κ3) is 5.76. The fourth-order valence-corrected chi connectivity index (χ4v) is 3.49. The van der Waals surface area contributed by atoms with Gasteiger partial charge in [-0.1, -0.05) is 12.1 Å². The van der Waals surface area contributed by atoms with Crippen molar-refractivity contribution in [1.82, 2.24) is 9.88 Å². The molecule has 0 bridgehead atoms. The van der Waals surface area contributed by atoms with E-state index in [1.54, 1.807) is 44.3 Å². The van der Waals surface area contributed by atoms with Gasteiger partial charge in [-0.15, -0.1) is 0 Å². The fraction of sp³-hybridized carbons (Fsp3) is 0.455. The summed E-state index contributed by atoms with van der Waals surface area (Å²) in [5.41, 5.74) is 0.930. The Morgan fingerprint density at radius 1 is 1.18 bits per heavy atom. The van der Waals surface area contributed by atoms with E-state index < -0.39 is 11.6 Å². The predicted molar refractivity (Wildman–Crippen MR) is 106 cm³/mol. The number of aromatic nitrogens is 1. The third-order valence-corrected chi connectivity index (χ3v) is 4.98. The second-order valence-electron chi connectivity index (χ2n) is 8.02. The van der Waals surface area contributed by atoms with E-state index in [1.807, 2.05) is 12.1 Å². The largest absolute Gasteiger partial charge is 0.478 e. The van der Waals surface area contributed by atoms with Crippen molar-refractivity contribution in [3.63, 3.8) is 0 Å². The van der Waals surface area contributed by atoms with Gasteiger partial charge in [-0.05, 0) is 69.5 Å². The van der Waals surface area contributed by atoms with Gasteiger partial charge in [0.1, 0.15) is 5.67 Å². The van der Waals surface area contributed by atoms with Gasteiger partial charge in [0.15, 0.2) is 0 Å². The molecule has 1 aromatic carbocycles. The molecule has 1 aliphatic heterocycles. The van der Waals surface area contributed by atoms with Crippen LogP contribution in [0.2, 0.25) is 0 Å². The molecule has 0 atom stereocenters. The molecule has 0 unspecified atom stereocenters. The predicted octanol–water partition coefficient (Wildman–Crippen LogP) is 4.29. The molecule has 0 radical (unpaired) electrons. The number of rotatable bonds is 7. The topological polar surface area (TPSA) is 62.7 Å². The van der Waals surface area contributed by atoms with Gasteiger partial charge >= 0.3 is 5.97 Å². The van der Waals surface area contributed by atoms with Crippen molar-refractivity contribution < 1.29 is 19.0 Å². The summed E-state index contributed by atoms with van der Waals surface area (Å²) in [5, 5.41) is 8.97. The second-order valence-corrected chi connectivity index (χ2v) is 8.02. The number of likely N-dealkylation sites (tertiary alicyclic amines) is 1. The lowest BCUT2D eigenvalue weighted by Gasteiger charge is -2.34. The van der Waals surface area contributed by atoms with E-state index in [0.29, 0.717) is 24.9 Å². The van der Waals surface area contributed by atoms with E-state index in [-0.39, 0.29) is 5.56 Å². The molecular formula is C22H27FN2O3. The zero-order chi connectivity index (χ0) is 20.1. The molecule has 28 heavy (non-hydrogen) atoms. The lowest BCUT2D eigenvalue weighted by Crippen LogP contribution is -2.41. The Labute approximate surface area is 165 Å². The van der Waals surface area contributed by atoms with Crippen molar-refractivity contribution in [3.05, 3.63) is 48.2 Å². The first kappa shape index (κ1) is 20.3. The summed E-state index contributed by atoms with van der Waals surface area (Å²) in [6.45, 7) is 6.15. The average molecular weight is 386 g/mol. The molecule has 0 spiro atoms. The number of nitrogens with zero attached hydrogens (tertiary/aromatic N) is 2. The summed E-state index contributed by atoms with van der Waals surface area (Å²) < 4.78 is 19.6. The number of benzene rings is 1. The highest BCUT2D eigenvalue weighted by Crippen LogP contribution is 2.23. The molecule has 1 fully saturated rings. The number of halogens is 1. The maximum Gasteiger partial charge on any atom is 0.335 e. The molecule has 1 saturated heterocycles.